The molecule has 0 radical (unpaired) electrons. The summed E-state index contributed by atoms with van der Waals surface area (Å²) in [5.74, 6) is -0.233. The monoisotopic (exact) mass is 248 g/mol. The largest absolute Gasteiger partial charge is 0.395 e. The number of amides is 1. The highest BCUT2D eigenvalue weighted by atomic mass is 16.2. The zero-order chi connectivity index (χ0) is 13.1. The Balaban J connectivity index is 2.11. The number of aromatic amines is 1. The molecule has 2 aromatic heterocycles. The zero-order valence-electron chi connectivity index (χ0n) is 10.4. The Morgan fingerprint density at radius 3 is 2.94 bits per heavy atom. The molecule has 0 aliphatic rings. The molecule has 2 aromatic rings. The van der Waals surface area contributed by atoms with Gasteiger partial charge in [-0.3, -0.25) is 14.6 Å². The molecule has 18 heavy (non-hydrogen) atoms. The van der Waals surface area contributed by atoms with Crippen molar-refractivity contribution in [3.8, 4) is 0 Å². The van der Waals surface area contributed by atoms with Gasteiger partial charge in [0.05, 0.1) is 17.6 Å². The van der Waals surface area contributed by atoms with Crippen molar-refractivity contribution in [2.24, 2.45) is 7.05 Å². The van der Waals surface area contributed by atoms with Crippen LogP contribution >= 0.6 is 0 Å². The summed E-state index contributed by atoms with van der Waals surface area (Å²) < 4.78 is 1.51. The van der Waals surface area contributed by atoms with Crippen molar-refractivity contribution >= 4 is 11.6 Å². The normalized spacial score (nSPS) is 10.6. The Morgan fingerprint density at radius 2 is 2.39 bits per heavy atom. The highest BCUT2D eigenvalue weighted by Crippen LogP contribution is 2.16. The van der Waals surface area contributed by atoms with E-state index in [0.29, 0.717) is 24.3 Å². The van der Waals surface area contributed by atoms with Crippen molar-refractivity contribution in [1.82, 2.24) is 25.3 Å². The molecular weight excluding hydrogens is 232 g/mol. The fourth-order valence-electron chi connectivity index (χ4n) is 1.77. The predicted octanol–water partition coefficient (Wildman–Crippen LogP) is 0.218. The maximum absolute atomic E-state index is 12.0. The molecule has 0 fully saturated rings. The number of nitrogen functional groups attached to an aromatic ring is 1. The summed E-state index contributed by atoms with van der Waals surface area (Å²) in [4.78, 5) is 12.0. The van der Waals surface area contributed by atoms with Gasteiger partial charge in [-0.15, -0.1) is 0 Å². The Morgan fingerprint density at radius 1 is 1.61 bits per heavy atom. The number of aromatic nitrogens is 4. The number of H-pyrrole nitrogens is 1. The first-order valence-corrected chi connectivity index (χ1v) is 5.70. The number of hydrogen-bond donors (Lipinski definition) is 3. The van der Waals surface area contributed by atoms with Crippen molar-refractivity contribution in [1.29, 1.82) is 0 Å². The summed E-state index contributed by atoms with van der Waals surface area (Å²) in [6, 6.07) is 0. The van der Waals surface area contributed by atoms with Gasteiger partial charge in [0.25, 0.3) is 5.91 Å². The molecular formula is C11H16N6O. The third-order valence-corrected chi connectivity index (χ3v) is 2.72. The average molecular weight is 248 g/mol. The van der Waals surface area contributed by atoms with Gasteiger partial charge >= 0.3 is 0 Å². The Hall–Kier alpha value is -2.31. The summed E-state index contributed by atoms with van der Waals surface area (Å²) in [5.41, 5.74) is 8.39. The van der Waals surface area contributed by atoms with Crippen LogP contribution in [0.4, 0.5) is 5.69 Å². The number of aryl methyl sites for hydroxylation is 2. The molecule has 0 bridgehead atoms. The van der Waals surface area contributed by atoms with Crippen molar-refractivity contribution in [3.05, 3.63) is 29.3 Å². The van der Waals surface area contributed by atoms with Gasteiger partial charge in [-0.2, -0.15) is 10.2 Å². The quantitative estimate of drug-likeness (QED) is 0.720. The van der Waals surface area contributed by atoms with Crippen LogP contribution in [0.2, 0.25) is 0 Å². The summed E-state index contributed by atoms with van der Waals surface area (Å²) >= 11 is 0. The lowest BCUT2D eigenvalue weighted by Crippen LogP contribution is -2.25. The number of hydrogen-bond acceptors (Lipinski definition) is 4. The molecule has 7 nitrogen and oxygen atoms in total. The maximum Gasteiger partial charge on any atom is 0.271 e. The zero-order valence-corrected chi connectivity index (χ0v) is 10.4. The minimum atomic E-state index is -0.233. The predicted molar refractivity (Wildman–Crippen MR) is 66.8 cm³/mol. The van der Waals surface area contributed by atoms with Crippen LogP contribution in [0.15, 0.2) is 12.4 Å². The van der Waals surface area contributed by atoms with Crippen LogP contribution in [0.3, 0.4) is 0 Å². The second-order valence-electron chi connectivity index (χ2n) is 3.98. The molecule has 0 saturated carbocycles. The maximum atomic E-state index is 12.0. The van der Waals surface area contributed by atoms with E-state index in [4.69, 9.17) is 5.73 Å². The molecule has 0 aliphatic carbocycles. The van der Waals surface area contributed by atoms with E-state index in [1.54, 1.807) is 19.4 Å². The minimum Gasteiger partial charge on any atom is -0.395 e. The first-order valence-electron chi connectivity index (χ1n) is 5.70. The number of carbonyl (C=O) groups is 1. The van der Waals surface area contributed by atoms with Gasteiger partial charge in [0.1, 0.15) is 5.69 Å². The molecule has 2 heterocycles. The molecule has 4 N–H and O–H groups in total. The van der Waals surface area contributed by atoms with Gasteiger partial charge in [0.2, 0.25) is 0 Å². The summed E-state index contributed by atoms with van der Waals surface area (Å²) in [6.07, 6.45) is 4.09. The van der Waals surface area contributed by atoms with Crippen LogP contribution in [0.1, 0.15) is 28.7 Å². The fraction of sp³-hybridized carbons (Fsp3) is 0.364. The highest BCUT2D eigenvalue weighted by molar-refractivity contribution is 5.97. The third kappa shape index (κ3) is 2.20. The van der Waals surface area contributed by atoms with Crippen LogP contribution < -0.4 is 11.1 Å². The van der Waals surface area contributed by atoms with Crippen LogP contribution in [0.5, 0.6) is 0 Å². The molecule has 1 amide bonds. The first-order chi connectivity index (χ1) is 8.63. The van der Waals surface area contributed by atoms with E-state index < -0.39 is 0 Å². The smallest absolute Gasteiger partial charge is 0.271 e. The molecule has 96 valence electrons. The van der Waals surface area contributed by atoms with Crippen LogP contribution in [-0.4, -0.2) is 25.9 Å². The standard InChI is InChI=1S/C11H16N6O/c1-3-8-9(12)10(17(2)16-8)11(18)13-4-7-5-14-15-6-7/h5-6H,3-4,12H2,1-2H3,(H,13,18)(H,14,15). The molecule has 0 unspecified atom stereocenters. The molecule has 0 atom stereocenters. The van der Waals surface area contributed by atoms with E-state index in [9.17, 15) is 4.79 Å². The Bertz CT molecular complexity index is 542. The van der Waals surface area contributed by atoms with E-state index in [-0.39, 0.29) is 5.91 Å². The minimum absolute atomic E-state index is 0.233. The number of rotatable bonds is 4. The molecule has 0 aromatic carbocycles. The van der Waals surface area contributed by atoms with Crippen molar-refractivity contribution < 1.29 is 4.79 Å². The molecule has 0 aliphatic heterocycles. The number of nitrogens with zero attached hydrogens (tertiary/aromatic N) is 3. The summed E-state index contributed by atoms with van der Waals surface area (Å²) in [7, 11) is 1.71. The van der Waals surface area contributed by atoms with Crippen molar-refractivity contribution in [3.63, 3.8) is 0 Å². The Kier molecular flexibility index (Phi) is 3.31. The van der Waals surface area contributed by atoms with Gasteiger partial charge < -0.3 is 11.1 Å². The highest BCUT2D eigenvalue weighted by Gasteiger charge is 2.18. The van der Waals surface area contributed by atoms with Crippen LogP contribution in [0, 0.1) is 0 Å². The van der Waals surface area contributed by atoms with E-state index in [0.717, 1.165) is 11.3 Å². The molecule has 0 saturated heterocycles. The second-order valence-corrected chi connectivity index (χ2v) is 3.98. The lowest BCUT2D eigenvalue weighted by Gasteiger charge is -2.04. The molecule has 0 spiro atoms. The van der Waals surface area contributed by atoms with Crippen molar-refractivity contribution in [2.45, 2.75) is 19.9 Å². The lowest BCUT2D eigenvalue weighted by atomic mass is 10.2. The van der Waals surface area contributed by atoms with Gasteiger partial charge in [-0.05, 0) is 6.42 Å². The number of carbonyl (C=O) groups excluding carboxylic acids is 1. The van der Waals surface area contributed by atoms with E-state index >= 15 is 0 Å². The van der Waals surface area contributed by atoms with Gasteiger partial charge in [0, 0.05) is 25.4 Å². The van der Waals surface area contributed by atoms with E-state index in [1.807, 2.05) is 6.92 Å². The topological polar surface area (TPSA) is 102 Å². The van der Waals surface area contributed by atoms with E-state index in [2.05, 4.69) is 20.6 Å². The first kappa shape index (κ1) is 12.2. The third-order valence-electron chi connectivity index (χ3n) is 2.72. The number of anilines is 1. The van der Waals surface area contributed by atoms with Gasteiger partial charge in [-0.1, -0.05) is 6.92 Å². The number of nitrogens with two attached hydrogens (primary N) is 1. The SMILES string of the molecule is CCc1nn(C)c(C(=O)NCc2cn[nH]c2)c1N. The molecule has 7 heteroatoms. The average Bonchev–Trinajstić information content (AvgIpc) is 2.94. The molecule has 2 rings (SSSR count). The fourth-order valence-corrected chi connectivity index (χ4v) is 1.77. The summed E-state index contributed by atoms with van der Waals surface area (Å²) in [6.45, 7) is 2.35. The Labute approximate surface area is 104 Å². The number of nitrogens with one attached hydrogen (secondary N) is 2. The van der Waals surface area contributed by atoms with Crippen LogP contribution in [-0.2, 0) is 20.0 Å². The summed E-state index contributed by atoms with van der Waals surface area (Å²) in [5, 5.41) is 13.5. The van der Waals surface area contributed by atoms with E-state index in [1.165, 1.54) is 4.68 Å². The lowest BCUT2D eigenvalue weighted by molar-refractivity contribution is 0.0942. The van der Waals surface area contributed by atoms with Gasteiger partial charge in [0.15, 0.2) is 0 Å². The van der Waals surface area contributed by atoms with Crippen molar-refractivity contribution in [2.75, 3.05) is 5.73 Å². The van der Waals surface area contributed by atoms with Gasteiger partial charge in [-0.25, -0.2) is 0 Å². The second kappa shape index (κ2) is 4.91. The van der Waals surface area contributed by atoms with Crippen LogP contribution in [0.25, 0.3) is 0 Å².